The predicted octanol–water partition coefficient (Wildman–Crippen LogP) is 2.29. The summed E-state index contributed by atoms with van der Waals surface area (Å²) >= 11 is 0. The number of carbonyl (C=O) groups is 1. The van der Waals surface area contributed by atoms with Crippen LogP contribution >= 0.6 is 0 Å². The fourth-order valence-electron chi connectivity index (χ4n) is 0.953. The highest BCUT2D eigenvalue weighted by atomic mass is 19.4. The van der Waals surface area contributed by atoms with Crippen molar-refractivity contribution < 1.29 is 22.7 Å². The molecule has 0 heterocycles. The highest BCUT2D eigenvalue weighted by Crippen LogP contribution is 2.31. The number of carbonyl (C=O) groups excluding carboxylic acids is 1. The zero-order valence-electron chi connectivity index (χ0n) is 7.18. The van der Waals surface area contributed by atoms with Crippen molar-refractivity contribution in [3.05, 3.63) is 35.4 Å². The first kappa shape index (κ1) is 10.6. The quantitative estimate of drug-likeness (QED) is 0.654. The zero-order valence-corrected chi connectivity index (χ0v) is 7.18. The lowest BCUT2D eigenvalue weighted by atomic mass is 10.1. The summed E-state index contributed by atoms with van der Waals surface area (Å²) in [6, 6.07) is 5.22. The molecule has 0 saturated carbocycles. The molecule has 5 heteroatoms. The number of benzene rings is 1. The van der Waals surface area contributed by atoms with Crippen LogP contribution in [0.1, 0.15) is 15.9 Å². The number of ether oxygens (including phenoxy) is 1. The van der Waals surface area contributed by atoms with Crippen LogP contribution in [0.3, 0.4) is 0 Å². The van der Waals surface area contributed by atoms with Gasteiger partial charge in [0.05, 0.1) is 18.2 Å². The zero-order chi connectivity index (χ0) is 10.8. The average molecular weight is 203 g/mol. The Morgan fingerprint density at radius 3 is 2.64 bits per heavy atom. The summed E-state index contributed by atoms with van der Waals surface area (Å²) in [5, 5.41) is 0. The second-order valence-electron chi connectivity index (χ2n) is 2.46. The first-order valence-corrected chi connectivity index (χ1v) is 3.62. The van der Waals surface area contributed by atoms with Crippen molar-refractivity contribution in [1.29, 1.82) is 0 Å². The van der Waals surface area contributed by atoms with Crippen LogP contribution in [0, 0.1) is 6.07 Å². The van der Waals surface area contributed by atoms with Crippen LogP contribution in [-0.4, -0.2) is 13.1 Å². The summed E-state index contributed by atoms with van der Waals surface area (Å²) < 4.78 is 41.2. The molecular weight excluding hydrogens is 197 g/mol. The van der Waals surface area contributed by atoms with Gasteiger partial charge in [-0.2, -0.15) is 13.2 Å². The number of esters is 1. The largest absolute Gasteiger partial charge is 0.465 e. The molecule has 0 saturated heterocycles. The van der Waals surface area contributed by atoms with Gasteiger partial charge < -0.3 is 4.74 Å². The topological polar surface area (TPSA) is 26.3 Å². The van der Waals surface area contributed by atoms with Gasteiger partial charge in [-0.15, -0.1) is 0 Å². The minimum absolute atomic E-state index is 0.501. The molecule has 2 nitrogen and oxygen atoms in total. The van der Waals surface area contributed by atoms with E-state index < -0.39 is 23.3 Å². The third-order valence-corrected chi connectivity index (χ3v) is 1.57. The molecule has 0 atom stereocenters. The van der Waals surface area contributed by atoms with Gasteiger partial charge in [0.25, 0.3) is 0 Å². The molecule has 0 aliphatic heterocycles. The van der Waals surface area contributed by atoms with Crippen molar-refractivity contribution in [2.24, 2.45) is 0 Å². The number of alkyl halides is 3. The molecule has 1 aromatic carbocycles. The van der Waals surface area contributed by atoms with Crippen LogP contribution < -0.4 is 0 Å². The predicted molar refractivity (Wildman–Crippen MR) is 41.6 cm³/mol. The molecule has 0 bridgehead atoms. The third kappa shape index (κ3) is 2.04. The van der Waals surface area contributed by atoms with Gasteiger partial charge in [-0.05, 0) is 18.2 Å². The van der Waals surface area contributed by atoms with Crippen molar-refractivity contribution in [2.75, 3.05) is 7.11 Å². The highest BCUT2D eigenvalue weighted by molar-refractivity contribution is 5.91. The molecule has 1 radical (unpaired) electrons. The smallest absolute Gasteiger partial charge is 0.417 e. The number of hydrogen-bond donors (Lipinski definition) is 0. The molecule has 75 valence electrons. The Morgan fingerprint density at radius 1 is 1.50 bits per heavy atom. The summed E-state index contributed by atoms with van der Waals surface area (Å²) in [6.45, 7) is 0. The number of methoxy groups -OCH3 is 1. The van der Waals surface area contributed by atoms with E-state index in [0.717, 1.165) is 13.2 Å². The van der Waals surface area contributed by atoms with E-state index in [9.17, 15) is 18.0 Å². The Hall–Kier alpha value is -1.52. The molecule has 0 N–H and O–H groups in total. The normalized spacial score (nSPS) is 11.1. The van der Waals surface area contributed by atoms with Crippen LogP contribution in [0.25, 0.3) is 0 Å². The van der Waals surface area contributed by atoms with Gasteiger partial charge in [0, 0.05) is 0 Å². The number of rotatable bonds is 1. The van der Waals surface area contributed by atoms with E-state index in [2.05, 4.69) is 10.8 Å². The van der Waals surface area contributed by atoms with Gasteiger partial charge in [-0.3, -0.25) is 0 Å². The van der Waals surface area contributed by atoms with Gasteiger partial charge in [0.1, 0.15) is 0 Å². The van der Waals surface area contributed by atoms with Crippen LogP contribution in [0.5, 0.6) is 0 Å². The molecule has 0 spiro atoms. The van der Waals surface area contributed by atoms with E-state index in [1.165, 1.54) is 6.07 Å². The van der Waals surface area contributed by atoms with Crippen LogP contribution in [0.4, 0.5) is 13.2 Å². The summed E-state index contributed by atoms with van der Waals surface area (Å²) in [6.07, 6.45) is -4.57. The van der Waals surface area contributed by atoms with E-state index >= 15 is 0 Å². The molecule has 0 unspecified atom stereocenters. The minimum Gasteiger partial charge on any atom is -0.465 e. The maximum Gasteiger partial charge on any atom is 0.417 e. The monoisotopic (exact) mass is 203 g/mol. The Balaban J connectivity index is 3.23. The molecule has 0 fully saturated rings. The second kappa shape index (κ2) is 3.69. The van der Waals surface area contributed by atoms with Crippen LogP contribution in [-0.2, 0) is 10.9 Å². The number of hydrogen-bond acceptors (Lipinski definition) is 2. The maximum absolute atomic E-state index is 12.3. The lowest BCUT2D eigenvalue weighted by Crippen LogP contribution is -2.13. The molecule has 0 amide bonds. The molecule has 0 aliphatic rings. The number of halogens is 3. The average Bonchev–Trinajstić information content (AvgIpc) is 2.15. The van der Waals surface area contributed by atoms with Gasteiger partial charge >= 0.3 is 12.1 Å². The minimum atomic E-state index is -4.57. The summed E-state index contributed by atoms with van der Waals surface area (Å²) in [5.74, 6) is -1.01. The van der Waals surface area contributed by atoms with Gasteiger partial charge in [-0.1, -0.05) is 6.07 Å². The molecule has 0 aliphatic carbocycles. The Kier molecular flexibility index (Phi) is 2.78. The third-order valence-electron chi connectivity index (χ3n) is 1.57. The molecule has 1 rings (SSSR count). The van der Waals surface area contributed by atoms with Crippen molar-refractivity contribution in [3.8, 4) is 0 Å². The second-order valence-corrected chi connectivity index (χ2v) is 2.46. The lowest BCUT2D eigenvalue weighted by molar-refractivity contribution is -0.138. The van der Waals surface area contributed by atoms with Crippen molar-refractivity contribution in [1.82, 2.24) is 0 Å². The van der Waals surface area contributed by atoms with E-state index in [0.29, 0.717) is 6.07 Å². The molecule has 1 aromatic rings. The van der Waals surface area contributed by atoms with E-state index in [4.69, 9.17) is 0 Å². The van der Waals surface area contributed by atoms with Gasteiger partial charge in [-0.25, -0.2) is 4.79 Å². The van der Waals surface area contributed by atoms with E-state index in [1.807, 2.05) is 0 Å². The maximum atomic E-state index is 12.3. The fraction of sp³-hybridized carbons (Fsp3) is 0.222. The van der Waals surface area contributed by atoms with Crippen LogP contribution in [0.15, 0.2) is 18.2 Å². The molecular formula is C9H6F3O2. The standard InChI is InChI=1S/C9H6F3O2/c1-14-8(13)6-4-2-3-5-7(6)9(10,11)12/h2,4-5H,1H3. The first-order valence-electron chi connectivity index (χ1n) is 3.62. The van der Waals surface area contributed by atoms with Gasteiger partial charge in [0.15, 0.2) is 0 Å². The highest BCUT2D eigenvalue weighted by Gasteiger charge is 2.35. The van der Waals surface area contributed by atoms with Gasteiger partial charge in [0.2, 0.25) is 0 Å². The van der Waals surface area contributed by atoms with E-state index in [1.54, 1.807) is 0 Å². The van der Waals surface area contributed by atoms with Crippen molar-refractivity contribution in [3.63, 3.8) is 0 Å². The molecule has 14 heavy (non-hydrogen) atoms. The summed E-state index contributed by atoms with van der Waals surface area (Å²) in [4.78, 5) is 10.9. The SMILES string of the molecule is COC(=O)c1cc[c]cc1C(F)(F)F. The Morgan fingerprint density at radius 2 is 2.14 bits per heavy atom. The molecule has 0 aromatic heterocycles. The van der Waals surface area contributed by atoms with E-state index in [-0.39, 0.29) is 0 Å². The first-order chi connectivity index (χ1) is 6.46. The Bertz CT molecular complexity index is 344. The summed E-state index contributed by atoms with van der Waals surface area (Å²) in [5.41, 5.74) is -1.54. The van der Waals surface area contributed by atoms with Crippen LogP contribution in [0.2, 0.25) is 0 Å². The fourth-order valence-corrected chi connectivity index (χ4v) is 0.953. The lowest BCUT2D eigenvalue weighted by Gasteiger charge is -2.10. The summed E-state index contributed by atoms with van der Waals surface area (Å²) in [7, 11) is 1.03. The van der Waals surface area contributed by atoms with Crippen molar-refractivity contribution in [2.45, 2.75) is 6.18 Å². The Labute approximate surface area is 78.3 Å². The van der Waals surface area contributed by atoms with Crippen molar-refractivity contribution >= 4 is 5.97 Å².